The molecule has 0 unspecified atom stereocenters. The molecule has 2 rings (SSSR count). The van der Waals surface area contributed by atoms with Gasteiger partial charge in [-0.05, 0) is 41.5 Å². The summed E-state index contributed by atoms with van der Waals surface area (Å²) in [5.74, 6) is -12.9. The summed E-state index contributed by atoms with van der Waals surface area (Å²) in [6, 6.07) is 0. The Bertz CT molecular complexity index is 1910. The summed E-state index contributed by atoms with van der Waals surface area (Å²) in [7, 11) is -26.6. The number of carboxylic acid groups (broad SMARTS) is 6. The molecular weight excluding hydrogens is 1160 g/mol. The molecule has 0 saturated carbocycles. The monoisotopic (exact) mass is 1210 g/mol. The van der Waals surface area contributed by atoms with Gasteiger partial charge in [-0.1, -0.05) is 0 Å². The molecule has 0 amide bonds. The van der Waals surface area contributed by atoms with Gasteiger partial charge in [-0.3, -0.25) is 83.1 Å². The first-order chi connectivity index (χ1) is 33.2. The average Bonchev–Trinajstić information content (AvgIpc) is 3.26. The molecule has 0 aliphatic carbocycles. The fourth-order valence-electron chi connectivity index (χ4n) is 3.69. The van der Waals surface area contributed by atoms with E-state index in [0.717, 1.165) is 0 Å². The second kappa shape index (κ2) is 34.4. The van der Waals surface area contributed by atoms with Crippen molar-refractivity contribution >= 4 is 116 Å². The van der Waals surface area contributed by atoms with Crippen molar-refractivity contribution in [1.82, 2.24) is 0 Å². The minimum Gasteiger partial charge on any atom is -2.00 e. The number of carboxylic acids is 6. The molecule has 39 nitrogen and oxygen atoms in total. The summed E-state index contributed by atoms with van der Waals surface area (Å²) < 4.78 is 87.6. The third-order valence-corrected chi connectivity index (χ3v) is 22.5. The molecule has 0 bridgehead atoms. The van der Waals surface area contributed by atoms with E-state index in [4.69, 9.17) is 84.9 Å². The van der Waals surface area contributed by atoms with E-state index in [1.54, 1.807) is 0 Å². The maximum atomic E-state index is 11.7. The Balaban J connectivity index is -0.00000133. The lowest BCUT2D eigenvalue weighted by molar-refractivity contribution is -0.141. The Morgan fingerprint density at radius 1 is 0.240 bits per heavy atom. The molecule has 75 heavy (non-hydrogen) atoms. The summed E-state index contributed by atoms with van der Waals surface area (Å²) in [5.41, 5.74) is 0. The lowest BCUT2D eigenvalue weighted by Gasteiger charge is -2.32. The van der Waals surface area contributed by atoms with Crippen molar-refractivity contribution in [1.29, 1.82) is 0 Å². The standard InChI is InChI=1S/C18H30N3O12P3.C12H18N3O18P3.3O/c1-13(22)7-28-34(29-8-14(2)23)19-35(30-9-15(3)24,31-10-16(4)25)21-36(20-34,32-11-17(5)26)33-12-18(6)27;16-7(17)1-28-34(29-2-8(18)19)13-35(30-3-9(20)21,31-4-10(22)23)15-36(14-34,32-5-11(24)25)33-6-12(26)27;;;/h7-12H2,1-6H3;1-6H2,(H,16,17)(H,18,19)(H,20,21)(H,22,23)(H,24,25)(H,26,27);;;/q;;3*-2. The van der Waals surface area contributed by atoms with Gasteiger partial charge < -0.3 is 47.1 Å². The van der Waals surface area contributed by atoms with Gasteiger partial charge in [-0.25, -0.2) is 28.8 Å². The molecule has 2 aliphatic rings. The molecule has 0 atom stereocenters. The highest BCUT2D eigenvalue weighted by Gasteiger charge is 2.46. The van der Waals surface area contributed by atoms with Crippen LogP contribution in [0.2, 0.25) is 0 Å². The maximum Gasteiger partial charge on any atom is 0.350 e. The summed E-state index contributed by atoms with van der Waals surface area (Å²) in [6.45, 7) is -4.14. The normalized spacial score (nSPS) is 16.4. The van der Waals surface area contributed by atoms with Crippen molar-refractivity contribution in [3.05, 3.63) is 0 Å². The van der Waals surface area contributed by atoms with Crippen molar-refractivity contribution < 1.29 is 159 Å². The molecule has 6 N–H and O–H groups in total. The first kappa shape index (κ1) is 74.9. The topological polar surface area (TPSA) is 597 Å². The van der Waals surface area contributed by atoms with Crippen LogP contribution in [0.5, 0.6) is 0 Å². The summed E-state index contributed by atoms with van der Waals surface area (Å²) >= 11 is 0. The van der Waals surface area contributed by atoms with Crippen LogP contribution in [-0.4, -0.2) is 180 Å². The number of hydrogen-bond acceptors (Lipinski definition) is 30. The van der Waals surface area contributed by atoms with Crippen LogP contribution in [-0.2, 0) is 128 Å². The molecule has 432 valence electrons. The zero-order valence-corrected chi connectivity index (χ0v) is 44.9. The predicted molar refractivity (Wildman–Crippen MR) is 239 cm³/mol. The Hall–Kier alpha value is -4.38. The number of carbonyl (C=O) groups is 12. The predicted octanol–water partition coefficient (Wildman–Crippen LogP) is 3.56. The average molecular weight is 1210 g/mol. The second-order valence-electron chi connectivity index (χ2n) is 13.3. The van der Waals surface area contributed by atoms with Gasteiger partial charge in [0.1, 0.15) is 39.6 Å². The van der Waals surface area contributed by atoms with E-state index in [1.165, 1.54) is 41.5 Å². The van der Waals surface area contributed by atoms with Crippen molar-refractivity contribution in [3.8, 4) is 0 Å². The zero-order valence-electron chi connectivity index (χ0n) is 39.6. The van der Waals surface area contributed by atoms with Crippen LogP contribution >= 0.6 is 46.0 Å². The highest BCUT2D eigenvalue weighted by molar-refractivity contribution is 7.79. The number of ketones is 6. The maximum absolute atomic E-state index is 11.7. The smallest absolute Gasteiger partial charge is 0.350 e. The minimum absolute atomic E-state index is 0. The van der Waals surface area contributed by atoms with Crippen LogP contribution in [0, 0.1) is 0 Å². The number of nitrogens with zero attached hydrogens (tertiary/aromatic N) is 6. The third-order valence-electron chi connectivity index (χ3n) is 6.11. The van der Waals surface area contributed by atoms with Gasteiger partial charge in [0.05, 0.1) is 0 Å². The Labute approximate surface area is 422 Å². The highest BCUT2D eigenvalue weighted by Crippen LogP contribution is 2.82. The van der Waals surface area contributed by atoms with Gasteiger partial charge in [0, 0.05) is 0 Å². The highest BCUT2D eigenvalue weighted by atomic mass is 31.3. The number of rotatable bonds is 36. The van der Waals surface area contributed by atoms with Crippen LogP contribution in [0.4, 0.5) is 0 Å². The van der Waals surface area contributed by atoms with Crippen LogP contribution in [0.25, 0.3) is 0 Å². The largest absolute Gasteiger partial charge is 2.00 e. The van der Waals surface area contributed by atoms with Crippen LogP contribution in [0.1, 0.15) is 41.5 Å². The third kappa shape index (κ3) is 29.6. The van der Waals surface area contributed by atoms with Gasteiger partial charge in [-0.15, -0.1) is 27.1 Å². The first-order valence-electron chi connectivity index (χ1n) is 19.1. The van der Waals surface area contributed by atoms with Gasteiger partial charge >= 0.3 is 81.8 Å². The van der Waals surface area contributed by atoms with Crippen LogP contribution < -0.4 is 0 Å². The van der Waals surface area contributed by atoms with Crippen molar-refractivity contribution in [2.24, 2.45) is 27.1 Å². The molecule has 0 aromatic heterocycles. The number of aliphatic carboxylic acids is 6. The van der Waals surface area contributed by atoms with E-state index < -0.39 is 196 Å². The first-order valence-corrected chi connectivity index (χ1v) is 28.3. The van der Waals surface area contributed by atoms with Gasteiger partial charge in [0.2, 0.25) is 0 Å². The quantitative estimate of drug-likeness (QED) is 0.0488. The van der Waals surface area contributed by atoms with Crippen molar-refractivity contribution in [2.45, 2.75) is 41.5 Å². The van der Waals surface area contributed by atoms with Crippen LogP contribution in [0.15, 0.2) is 27.1 Å². The summed E-state index contributed by atoms with van der Waals surface area (Å²) in [6.07, 6.45) is 0. The van der Waals surface area contributed by atoms with Gasteiger partial charge in [0.25, 0.3) is 0 Å². The fraction of sp³-hybridized carbons (Fsp3) is 0.600. The molecule has 0 saturated heterocycles. The molecule has 0 radical (unpaired) electrons. The van der Waals surface area contributed by atoms with Gasteiger partial charge in [-0.2, -0.15) is 0 Å². The fourth-order valence-corrected chi connectivity index (χ4v) is 22.5. The molecule has 0 aromatic rings. The lowest BCUT2D eigenvalue weighted by Crippen LogP contribution is -2.16. The molecule has 0 fully saturated rings. The van der Waals surface area contributed by atoms with Crippen LogP contribution in [0.3, 0.4) is 0 Å². The Morgan fingerprint density at radius 2 is 0.333 bits per heavy atom. The van der Waals surface area contributed by atoms with E-state index in [9.17, 15) is 57.5 Å². The van der Waals surface area contributed by atoms with Crippen molar-refractivity contribution in [3.63, 3.8) is 0 Å². The van der Waals surface area contributed by atoms with E-state index in [2.05, 4.69) is 27.1 Å². The number of hydrogen-bond donors (Lipinski definition) is 6. The Morgan fingerprint density at radius 3 is 0.413 bits per heavy atom. The number of carbonyl (C=O) groups excluding carboxylic acids is 6. The minimum atomic E-state index is -4.76. The Kier molecular flexibility index (Phi) is 34.3. The van der Waals surface area contributed by atoms with E-state index in [-0.39, 0.29) is 16.4 Å². The second-order valence-corrected chi connectivity index (χ2v) is 26.6. The lowest BCUT2D eigenvalue weighted by atomic mass is 10.5. The SMILES string of the molecule is CC(=O)COP1(OCC(C)=O)=NP(OCC(C)=O)(OCC(C)=O)=NP(OCC(C)=O)(OCC(C)=O)=N1.O=C(O)COP1(OCC(=O)O)=NP(OCC(=O)O)(OCC(=O)O)=NP(OCC(=O)O)(OCC(=O)O)=N1.[O-2].[O-2].[O-2]. The molecular formula is C30H48N6O33P6-6. The molecule has 0 spiro atoms. The van der Waals surface area contributed by atoms with E-state index >= 15 is 0 Å². The molecule has 0 aromatic carbocycles. The number of Topliss-reactive ketones (excluding diaryl/α,β-unsaturated/α-hetero) is 6. The van der Waals surface area contributed by atoms with Gasteiger partial charge in [0.15, 0.2) is 74.3 Å². The molecule has 2 aliphatic heterocycles. The summed E-state index contributed by atoms with van der Waals surface area (Å²) in [5, 5.41) is 54.0. The zero-order chi connectivity index (χ0) is 55.1. The molecule has 45 heteroatoms. The van der Waals surface area contributed by atoms with E-state index in [1.807, 2.05) is 0 Å². The summed E-state index contributed by atoms with van der Waals surface area (Å²) in [4.78, 5) is 137. The van der Waals surface area contributed by atoms with E-state index in [0.29, 0.717) is 0 Å². The molecule has 2 heterocycles. The van der Waals surface area contributed by atoms with Crippen molar-refractivity contribution in [2.75, 3.05) is 79.3 Å².